The summed E-state index contributed by atoms with van der Waals surface area (Å²) in [6.07, 6.45) is 1.50. The maximum absolute atomic E-state index is 13.6. The second-order valence-corrected chi connectivity index (χ2v) is 4.01. The van der Waals surface area contributed by atoms with Crippen molar-refractivity contribution in [1.29, 1.82) is 0 Å². The highest BCUT2D eigenvalue weighted by Gasteiger charge is 2.14. The molecule has 0 radical (unpaired) electrons. The van der Waals surface area contributed by atoms with E-state index < -0.39 is 11.6 Å². The van der Waals surface area contributed by atoms with Gasteiger partial charge in [0.15, 0.2) is 17.2 Å². The third-order valence-electron chi connectivity index (χ3n) is 2.73. The van der Waals surface area contributed by atoms with Gasteiger partial charge in [-0.1, -0.05) is 6.07 Å². The Balaban J connectivity index is 2.11. The molecule has 96 valence electrons. The standard InChI is InChI=1S/C13H9F2N3O/c1-7-11-9(5-6-16-13(11)18-17-7)19-10-4-2-3-8(14)12(10)15/h2-6H,1H3,(H,16,17,18). The van der Waals surface area contributed by atoms with Gasteiger partial charge < -0.3 is 4.74 Å². The van der Waals surface area contributed by atoms with E-state index in [1.54, 1.807) is 13.0 Å². The minimum atomic E-state index is -1.02. The van der Waals surface area contributed by atoms with Crippen molar-refractivity contribution in [1.82, 2.24) is 15.2 Å². The van der Waals surface area contributed by atoms with Crippen molar-refractivity contribution in [3.8, 4) is 11.5 Å². The first-order valence-electron chi connectivity index (χ1n) is 5.58. The van der Waals surface area contributed by atoms with Crippen LogP contribution < -0.4 is 4.74 Å². The van der Waals surface area contributed by atoms with Crippen molar-refractivity contribution in [3.05, 3.63) is 47.8 Å². The number of hydrogen-bond donors (Lipinski definition) is 1. The average Bonchev–Trinajstić information content (AvgIpc) is 2.78. The van der Waals surface area contributed by atoms with Crippen LogP contribution in [0, 0.1) is 18.6 Å². The molecule has 0 atom stereocenters. The summed E-state index contributed by atoms with van der Waals surface area (Å²) >= 11 is 0. The number of pyridine rings is 1. The summed E-state index contributed by atoms with van der Waals surface area (Å²) < 4.78 is 32.1. The topological polar surface area (TPSA) is 50.8 Å². The average molecular weight is 261 g/mol. The second-order valence-electron chi connectivity index (χ2n) is 4.01. The number of H-pyrrole nitrogens is 1. The molecular formula is C13H9F2N3O. The molecule has 0 bridgehead atoms. The van der Waals surface area contributed by atoms with E-state index in [1.165, 1.54) is 18.3 Å². The summed E-state index contributed by atoms with van der Waals surface area (Å²) in [5.74, 6) is -1.77. The molecule has 1 aromatic carbocycles. The molecule has 0 aliphatic carbocycles. The molecular weight excluding hydrogens is 252 g/mol. The Kier molecular flexibility index (Phi) is 2.63. The van der Waals surface area contributed by atoms with Crippen LogP contribution in [0.25, 0.3) is 11.0 Å². The third-order valence-corrected chi connectivity index (χ3v) is 2.73. The summed E-state index contributed by atoms with van der Waals surface area (Å²) in [6.45, 7) is 1.80. The number of aryl methyl sites for hydroxylation is 1. The van der Waals surface area contributed by atoms with Crippen LogP contribution in [0.15, 0.2) is 30.5 Å². The first kappa shape index (κ1) is 11.6. The van der Waals surface area contributed by atoms with Crippen molar-refractivity contribution in [2.75, 3.05) is 0 Å². The number of benzene rings is 1. The maximum Gasteiger partial charge on any atom is 0.201 e. The van der Waals surface area contributed by atoms with Crippen LogP contribution in [0.3, 0.4) is 0 Å². The van der Waals surface area contributed by atoms with Crippen molar-refractivity contribution in [2.45, 2.75) is 6.92 Å². The van der Waals surface area contributed by atoms with Crippen LogP contribution in [-0.4, -0.2) is 15.2 Å². The van der Waals surface area contributed by atoms with Crippen LogP contribution in [0.5, 0.6) is 11.5 Å². The van der Waals surface area contributed by atoms with Crippen molar-refractivity contribution >= 4 is 11.0 Å². The maximum atomic E-state index is 13.6. The Hall–Kier alpha value is -2.50. The van der Waals surface area contributed by atoms with Gasteiger partial charge in [0, 0.05) is 11.9 Å². The van der Waals surface area contributed by atoms with Crippen molar-refractivity contribution < 1.29 is 13.5 Å². The lowest BCUT2D eigenvalue weighted by molar-refractivity contribution is 0.418. The summed E-state index contributed by atoms with van der Waals surface area (Å²) in [7, 11) is 0. The molecule has 0 fully saturated rings. The Morgan fingerprint density at radius 3 is 2.84 bits per heavy atom. The molecule has 3 rings (SSSR count). The fourth-order valence-electron chi connectivity index (χ4n) is 1.83. The second kappa shape index (κ2) is 4.31. The van der Waals surface area contributed by atoms with E-state index in [-0.39, 0.29) is 5.75 Å². The smallest absolute Gasteiger partial charge is 0.201 e. The molecule has 0 aliphatic heterocycles. The van der Waals surface area contributed by atoms with Crippen LogP contribution in [0.1, 0.15) is 5.69 Å². The molecule has 6 heteroatoms. The van der Waals surface area contributed by atoms with Gasteiger partial charge in [-0.3, -0.25) is 5.10 Å². The zero-order valence-corrected chi connectivity index (χ0v) is 9.95. The molecule has 0 spiro atoms. The molecule has 0 saturated carbocycles. The van der Waals surface area contributed by atoms with Gasteiger partial charge in [0.1, 0.15) is 5.75 Å². The third kappa shape index (κ3) is 1.91. The Morgan fingerprint density at radius 1 is 1.16 bits per heavy atom. The van der Waals surface area contributed by atoms with Gasteiger partial charge in [0.25, 0.3) is 0 Å². The fourth-order valence-corrected chi connectivity index (χ4v) is 1.83. The monoisotopic (exact) mass is 261 g/mol. The van der Waals surface area contributed by atoms with Crippen LogP contribution in [0.2, 0.25) is 0 Å². The number of rotatable bonds is 2. The molecule has 3 aromatic rings. The van der Waals surface area contributed by atoms with Gasteiger partial charge in [-0.25, -0.2) is 9.37 Å². The highest BCUT2D eigenvalue weighted by Crippen LogP contribution is 2.31. The Morgan fingerprint density at radius 2 is 2.00 bits per heavy atom. The predicted molar refractivity (Wildman–Crippen MR) is 65.1 cm³/mol. The number of ether oxygens (including phenoxy) is 1. The number of halogens is 2. The van der Waals surface area contributed by atoms with Gasteiger partial charge in [-0.2, -0.15) is 9.49 Å². The Labute approximate surface area is 107 Å². The van der Waals surface area contributed by atoms with E-state index in [1.807, 2.05) is 0 Å². The van der Waals surface area contributed by atoms with Gasteiger partial charge in [-0.15, -0.1) is 0 Å². The molecule has 2 aromatic heterocycles. The molecule has 0 unspecified atom stereocenters. The summed E-state index contributed by atoms with van der Waals surface area (Å²) in [4.78, 5) is 4.05. The number of fused-ring (bicyclic) bond motifs is 1. The van der Waals surface area contributed by atoms with Gasteiger partial charge in [-0.05, 0) is 25.1 Å². The number of nitrogens with one attached hydrogen (secondary N) is 1. The lowest BCUT2D eigenvalue weighted by Gasteiger charge is -2.08. The van der Waals surface area contributed by atoms with E-state index in [0.29, 0.717) is 16.8 Å². The zero-order chi connectivity index (χ0) is 13.4. The summed E-state index contributed by atoms with van der Waals surface area (Å²) in [5.41, 5.74) is 1.21. The Bertz CT molecular complexity index is 755. The molecule has 4 nitrogen and oxygen atoms in total. The van der Waals surface area contributed by atoms with E-state index in [2.05, 4.69) is 15.2 Å². The molecule has 0 saturated heterocycles. The predicted octanol–water partition coefficient (Wildman–Crippen LogP) is 3.34. The normalized spacial score (nSPS) is 10.9. The van der Waals surface area contributed by atoms with Crippen LogP contribution in [-0.2, 0) is 0 Å². The lowest BCUT2D eigenvalue weighted by Crippen LogP contribution is -1.92. The summed E-state index contributed by atoms with van der Waals surface area (Å²) in [6, 6.07) is 5.36. The van der Waals surface area contributed by atoms with Gasteiger partial charge in [0.05, 0.1) is 5.39 Å². The molecule has 19 heavy (non-hydrogen) atoms. The summed E-state index contributed by atoms with van der Waals surface area (Å²) in [5, 5.41) is 7.39. The number of aromatic nitrogens is 3. The number of nitrogens with zero attached hydrogens (tertiary/aromatic N) is 2. The lowest BCUT2D eigenvalue weighted by atomic mass is 10.2. The first-order valence-corrected chi connectivity index (χ1v) is 5.58. The zero-order valence-electron chi connectivity index (χ0n) is 9.95. The first-order chi connectivity index (χ1) is 9.16. The molecule has 2 heterocycles. The highest BCUT2D eigenvalue weighted by atomic mass is 19.2. The quantitative estimate of drug-likeness (QED) is 0.769. The van der Waals surface area contributed by atoms with Gasteiger partial charge >= 0.3 is 0 Å². The SMILES string of the molecule is Cc1[nH]nc2nccc(Oc3cccc(F)c3F)c12. The molecule has 0 amide bonds. The van der Waals surface area contributed by atoms with E-state index in [4.69, 9.17) is 4.74 Å². The van der Waals surface area contributed by atoms with E-state index in [9.17, 15) is 8.78 Å². The van der Waals surface area contributed by atoms with Crippen molar-refractivity contribution in [2.24, 2.45) is 0 Å². The van der Waals surface area contributed by atoms with Crippen LogP contribution in [0.4, 0.5) is 8.78 Å². The fraction of sp³-hybridized carbons (Fsp3) is 0.0769. The number of hydrogen-bond acceptors (Lipinski definition) is 3. The highest BCUT2D eigenvalue weighted by molar-refractivity contribution is 5.84. The minimum absolute atomic E-state index is 0.173. The van der Waals surface area contributed by atoms with Crippen molar-refractivity contribution in [3.63, 3.8) is 0 Å². The number of aromatic amines is 1. The minimum Gasteiger partial charge on any atom is -0.453 e. The van der Waals surface area contributed by atoms with Crippen LogP contribution >= 0.6 is 0 Å². The van der Waals surface area contributed by atoms with Gasteiger partial charge in [0.2, 0.25) is 5.82 Å². The largest absolute Gasteiger partial charge is 0.453 e. The molecule has 0 aliphatic rings. The molecule has 1 N–H and O–H groups in total. The van der Waals surface area contributed by atoms with E-state index in [0.717, 1.165) is 11.8 Å². The van der Waals surface area contributed by atoms with E-state index >= 15 is 0 Å².